The maximum atomic E-state index is 12.0. The van der Waals surface area contributed by atoms with E-state index in [0.29, 0.717) is 6.54 Å². The lowest BCUT2D eigenvalue weighted by molar-refractivity contribution is -0.131. The molecule has 1 aromatic carbocycles. The lowest BCUT2D eigenvalue weighted by Crippen LogP contribution is -2.33. The summed E-state index contributed by atoms with van der Waals surface area (Å²) in [4.78, 5) is 13.8. The second kappa shape index (κ2) is 3.91. The van der Waals surface area contributed by atoms with Crippen molar-refractivity contribution in [3.05, 3.63) is 42.0 Å². The molecule has 17 heavy (non-hydrogen) atoms. The lowest BCUT2D eigenvalue weighted by Gasteiger charge is -2.24. The van der Waals surface area contributed by atoms with Crippen molar-refractivity contribution in [3.8, 4) is 5.75 Å². The summed E-state index contributed by atoms with van der Waals surface area (Å²) in [6.45, 7) is 0.573. The van der Waals surface area contributed by atoms with Crippen molar-refractivity contribution in [3.63, 3.8) is 0 Å². The van der Waals surface area contributed by atoms with Crippen LogP contribution in [-0.4, -0.2) is 24.0 Å². The number of nitrogens with zero attached hydrogens (tertiary/aromatic N) is 1. The molecule has 0 N–H and O–H groups in total. The van der Waals surface area contributed by atoms with E-state index in [1.165, 1.54) is 0 Å². The molecule has 1 aromatic rings. The number of amides is 1. The van der Waals surface area contributed by atoms with Gasteiger partial charge in [0.15, 0.2) is 0 Å². The van der Waals surface area contributed by atoms with Crippen LogP contribution >= 0.6 is 0 Å². The number of ether oxygens (including phenoxy) is 1. The van der Waals surface area contributed by atoms with Gasteiger partial charge in [-0.1, -0.05) is 24.3 Å². The summed E-state index contributed by atoms with van der Waals surface area (Å²) in [5, 5.41) is 0. The number of hydrogen-bond acceptors (Lipinski definition) is 2. The maximum Gasteiger partial charge on any atom is 0.230 e. The van der Waals surface area contributed by atoms with E-state index in [1.807, 2.05) is 36.4 Å². The summed E-state index contributed by atoms with van der Waals surface area (Å²) in [6, 6.07) is 7.65. The monoisotopic (exact) mass is 231 g/mol. The molecule has 3 heteroatoms. The number of fused-ring (bicyclic) bond motifs is 2. The van der Waals surface area contributed by atoms with Gasteiger partial charge in [-0.2, -0.15) is 0 Å². The van der Waals surface area contributed by atoms with Gasteiger partial charge in [0, 0.05) is 7.92 Å². The number of rotatable bonds is 3. The Kier molecular flexibility index (Phi) is 2.14. The van der Waals surface area contributed by atoms with Crippen LogP contribution in [0.2, 0.25) is 0 Å². The third kappa shape index (κ3) is 1.71. The van der Waals surface area contributed by atoms with Gasteiger partial charge in [0.25, 0.3) is 0 Å². The third-order valence-corrected chi connectivity index (χ3v) is 3.36. The Morgan fingerprint density at radius 3 is 2.76 bits per heavy atom. The average Bonchev–Trinajstić information content (AvgIpc) is 2.86. The van der Waals surface area contributed by atoms with Crippen molar-refractivity contribution in [2.45, 2.75) is 19.0 Å². The van der Waals surface area contributed by atoms with Crippen LogP contribution < -0.4 is 4.74 Å². The molecule has 1 fully saturated rings. The number of methoxy groups -OCH3 is 1. The highest BCUT2D eigenvalue weighted by Gasteiger charge is 2.40. The van der Waals surface area contributed by atoms with Gasteiger partial charge in [-0.05, 0) is 24.1 Å². The average molecular weight is 231 g/mol. The van der Waals surface area contributed by atoms with Crippen LogP contribution in [0.5, 0.6) is 5.75 Å². The second-order valence-corrected chi connectivity index (χ2v) is 4.41. The normalized spacial score (nSPS) is 30.9. The van der Waals surface area contributed by atoms with E-state index in [-0.39, 0.29) is 24.3 Å². The Bertz CT molecular complexity index is 497. The maximum absolute atomic E-state index is 12.0. The number of carbonyl (C=O) groups is 1. The molecule has 0 spiro atoms. The van der Waals surface area contributed by atoms with Gasteiger partial charge in [0.2, 0.25) is 5.91 Å². The summed E-state index contributed by atoms with van der Waals surface area (Å²) in [5.41, 5.74) is 1.07. The van der Waals surface area contributed by atoms with Crippen molar-refractivity contribution >= 4 is 5.91 Å². The molecule has 2 bridgehead atoms. The lowest BCUT2D eigenvalue weighted by atomic mass is 10.1. The van der Waals surface area contributed by atoms with Gasteiger partial charge in [0.05, 0.1) is 19.1 Å². The molecular weight excluding hydrogens is 214 g/mol. The van der Waals surface area contributed by atoms with Gasteiger partial charge < -0.3 is 9.64 Å². The van der Waals surface area contributed by atoms with Crippen molar-refractivity contribution in [2.24, 2.45) is 5.92 Å². The highest BCUT2D eigenvalue weighted by atomic mass is 16.5. The molecule has 88 valence electrons. The van der Waals surface area contributed by atoms with Crippen LogP contribution in [0.1, 0.15) is 13.3 Å². The Hall–Kier alpha value is -1.77. The van der Waals surface area contributed by atoms with Crippen LogP contribution in [0.3, 0.4) is 0 Å². The molecule has 3 nitrogen and oxygen atoms in total. The third-order valence-electron chi connectivity index (χ3n) is 3.36. The molecule has 1 aliphatic carbocycles. The van der Waals surface area contributed by atoms with Gasteiger partial charge >= 0.3 is 0 Å². The Labute approximate surface area is 102 Å². The smallest absolute Gasteiger partial charge is 0.230 e. The number of carbonyl (C=O) groups excluding carboxylic acids is 1. The molecule has 1 unspecified atom stereocenters. The van der Waals surface area contributed by atoms with E-state index in [1.54, 1.807) is 12.0 Å². The largest absolute Gasteiger partial charge is 0.497 e. The molecule has 1 aliphatic heterocycles. The Morgan fingerprint density at radius 1 is 1.41 bits per heavy atom. The van der Waals surface area contributed by atoms with Crippen molar-refractivity contribution in [1.82, 2.24) is 4.90 Å². The van der Waals surface area contributed by atoms with Gasteiger partial charge in [-0.25, -0.2) is 0 Å². The number of hydrogen-bond donors (Lipinski definition) is 0. The van der Waals surface area contributed by atoms with Crippen molar-refractivity contribution in [1.29, 1.82) is 0 Å². The van der Waals surface area contributed by atoms with E-state index in [9.17, 15) is 4.79 Å². The zero-order chi connectivity index (χ0) is 12.7. The van der Waals surface area contributed by atoms with Crippen LogP contribution in [0.15, 0.2) is 36.4 Å². The fourth-order valence-electron chi connectivity index (χ4n) is 2.40. The second-order valence-electron chi connectivity index (χ2n) is 4.41. The fraction of sp³-hybridized carbons (Fsp3) is 0.357. The van der Waals surface area contributed by atoms with Gasteiger partial charge in [0.1, 0.15) is 5.75 Å². The Morgan fingerprint density at radius 2 is 2.18 bits per heavy atom. The van der Waals surface area contributed by atoms with E-state index in [2.05, 4.69) is 0 Å². The minimum absolute atomic E-state index is 0.0513. The highest BCUT2D eigenvalue weighted by molar-refractivity contribution is 5.85. The summed E-state index contributed by atoms with van der Waals surface area (Å²) >= 11 is 0. The molecule has 0 radical (unpaired) electrons. The molecule has 1 amide bonds. The molecule has 1 heterocycles. The first kappa shape index (κ1) is 9.28. The number of benzene rings is 1. The summed E-state index contributed by atoms with van der Waals surface area (Å²) < 4.78 is 13.1. The predicted molar refractivity (Wildman–Crippen MR) is 64.6 cm³/mol. The highest BCUT2D eigenvalue weighted by Crippen LogP contribution is 2.33. The molecule has 0 saturated carbocycles. The predicted octanol–water partition coefficient (Wildman–Crippen LogP) is 1.98. The summed E-state index contributed by atoms with van der Waals surface area (Å²) in [7, 11) is 1.63. The molecule has 2 aliphatic rings. The first-order valence-corrected chi connectivity index (χ1v) is 5.74. The van der Waals surface area contributed by atoms with Crippen LogP contribution in [0.4, 0.5) is 0 Å². The van der Waals surface area contributed by atoms with Crippen LogP contribution in [0.25, 0.3) is 0 Å². The standard InChI is InChI=1S/C14H15NO2/c1-17-13-6-2-10(3-7-13)9-15-12-5-4-11(8-12)14(15)16/h2-7,11-12H,8-9H2,1H3/t11-,12+/m1/s1/i8T/t8?,11-,12+. The topological polar surface area (TPSA) is 29.5 Å². The number of likely N-dealkylation sites (tertiary alicyclic amines) is 1. The molecule has 1 saturated heterocycles. The minimum atomic E-state index is -0.323. The molecule has 3 rings (SSSR count). The van der Waals surface area contributed by atoms with Gasteiger partial charge in [-0.3, -0.25) is 4.79 Å². The van der Waals surface area contributed by atoms with E-state index in [4.69, 9.17) is 6.11 Å². The summed E-state index contributed by atoms with van der Waals surface area (Å²) in [5.74, 6) is 0.665. The van der Waals surface area contributed by atoms with Crippen molar-refractivity contribution < 1.29 is 10.9 Å². The zero-order valence-electron chi connectivity index (χ0n) is 10.7. The summed E-state index contributed by atoms with van der Waals surface area (Å²) in [6.07, 6.45) is 3.53. The molecule has 0 aromatic heterocycles. The Balaban J connectivity index is 1.77. The van der Waals surface area contributed by atoms with Crippen LogP contribution in [0, 0.1) is 5.92 Å². The minimum Gasteiger partial charge on any atom is -0.497 e. The van der Waals surface area contributed by atoms with Gasteiger partial charge in [-0.15, -0.1) is 0 Å². The molecular formula is C14H15NO2. The quantitative estimate of drug-likeness (QED) is 0.744. The van der Waals surface area contributed by atoms with Crippen molar-refractivity contribution in [2.75, 3.05) is 7.11 Å². The van der Waals surface area contributed by atoms with Crippen LogP contribution in [-0.2, 0) is 11.3 Å². The zero-order valence-corrected chi connectivity index (χ0v) is 9.67. The first-order chi connectivity index (χ1) is 8.70. The SMILES string of the molecule is [3H]C1[C@H]2C=C[C@@H]1N(Cc1ccc(OC)cc1)C2=O. The molecule has 3 atom stereocenters. The first-order valence-electron chi connectivity index (χ1n) is 6.32. The van der Waals surface area contributed by atoms with E-state index >= 15 is 0 Å². The van der Waals surface area contributed by atoms with E-state index in [0.717, 1.165) is 11.3 Å². The van der Waals surface area contributed by atoms with E-state index < -0.39 is 0 Å². The fourth-order valence-corrected chi connectivity index (χ4v) is 2.40.